The van der Waals surface area contributed by atoms with Gasteiger partial charge in [0.15, 0.2) is 0 Å². The van der Waals surface area contributed by atoms with Crippen LogP contribution in [0.1, 0.15) is 47.1 Å². The number of nitrogens with zero attached hydrogens (tertiary/aromatic N) is 2. The van der Waals surface area contributed by atoms with Crippen molar-refractivity contribution in [1.82, 2.24) is 9.78 Å². The molecule has 0 spiro atoms. The van der Waals surface area contributed by atoms with E-state index in [9.17, 15) is 0 Å². The molecule has 0 saturated heterocycles. The Labute approximate surface area is 94.4 Å². The molecule has 0 atom stereocenters. The van der Waals surface area contributed by atoms with E-state index < -0.39 is 0 Å². The van der Waals surface area contributed by atoms with Crippen molar-refractivity contribution in [3.05, 3.63) is 11.8 Å². The van der Waals surface area contributed by atoms with E-state index in [4.69, 9.17) is 4.74 Å². The van der Waals surface area contributed by atoms with Gasteiger partial charge in [-0.25, -0.2) is 0 Å². The molecule has 0 fully saturated rings. The summed E-state index contributed by atoms with van der Waals surface area (Å²) in [6, 6.07) is 0. The Balaban J connectivity index is 0. The molecule has 0 aliphatic carbocycles. The predicted octanol–water partition coefficient (Wildman–Crippen LogP) is 3.43. The monoisotopic (exact) mass is 214 g/mol. The van der Waals surface area contributed by atoms with Crippen LogP contribution in [0.4, 0.5) is 0 Å². The highest BCUT2D eigenvalue weighted by Gasteiger charge is 2.04. The SMILES string of the molecule is CC.CC.CCOc1nn(C)cc1CC. The molecule has 0 saturated carbocycles. The summed E-state index contributed by atoms with van der Waals surface area (Å²) >= 11 is 0. The normalized spacial score (nSPS) is 8.20. The van der Waals surface area contributed by atoms with Crippen LogP contribution in [0.5, 0.6) is 5.88 Å². The first kappa shape index (κ1) is 16.4. The quantitative estimate of drug-likeness (QED) is 0.770. The second-order valence-electron chi connectivity index (χ2n) is 2.42. The minimum Gasteiger partial charge on any atom is -0.477 e. The lowest BCUT2D eigenvalue weighted by Gasteiger charge is -1.98. The van der Waals surface area contributed by atoms with Gasteiger partial charge in [0.2, 0.25) is 5.88 Å². The molecule has 1 aromatic heterocycles. The molecule has 1 heterocycles. The average molecular weight is 214 g/mol. The molecular weight excluding hydrogens is 188 g/mol. The standard InChI is InChI=1S/C8H14N2O.2C2H6/c1-4-7-6-10(3)9-8(7)11-5-2;2*1-2/h6H,4-5H2,1-3H3;2*1-2H3. The highest BCUT2D eigenvalue weighted by Crippen LogP contribution is 2.15. The molecule has 3 nitrogen and oxygen atoms in total. The first-order valence-corrected chi connectivity index (χ1v) is 5.93. The third-order valence-electron chi connectivity index (χ3n) is 1.53. The highest BCUT2D eigenvalue weighted by atomic mass is 16.5. The smallest absolute Gasteiger partial charge is 0.235 e. The molecule has 0 unspecified atom stereocenters. The van der Waals surface area contributed by atoms with Crippen LogP contribution in [0.3, 0.4) is 0 Å². The lowest BCUT2D eigenvalue weighted by Crippen LogP contribution is -1.95. The van der Waals surface area contributed by atoms with E-state index in [1.54, 1.807) is 4.68 Å². The molecular formula is C12H26N2O. The van der Waals surface area contributed by atoms with Crippen molar-refractivity contribution in [3.8, 4) is 5.88 Å². The van der Waals surface area contributed by atoms with Crippen LogP contribution >= 0.6 is 0 Å². The van der Waals surface area contributed by atoms with Crippen LogP contribution in [-0.4, -0.2) is 16.4 Å². The van der Waals surface area contributed by atoms with E-state index in [1.165, 1.54) is 5.56 Å². The van der Waals surface area contributed by atoms with E-state index in [-0.39, 0.29) is 0 Å². The molecule has 0 radical (unpaired) electrons. The number of hydrogen-bond donors (Lipinski definition) is 0. The molecule has 0 aromatic carbocycles. The Morgan fingerprint density at radius 3 is 2.13 bits per heavy atom. The summed E-state index contributed by atoms with van der Waals surface area (Å²) < 4.78 is 7.10. The van der Waals surface area contributed by atoms with Gasteiger partial charge in [-0.05, 0) is 13.3 Å². The number of aryl methyl sites for hydroxylation is 2. The predicted molar refractivity (Wildman–Crippen MR) is 66.5 cm³/mol. The molecule has 0 bridgehead atoms. The summed E-state index contributed by atoms with van der Waals surface area (Å²) in [5, 5.41) is 4.17. The van der Waals surface area contributed by atoms with Crippen molar-refractivity contribution in [2.24, 2.45) is 7.05 Å². The molecule has 90 valence electrons. The van der Waals surface area contributed by atoms with Gasteiger partial charge in [0.05, 0.1) is 6.61 Å². The molecule has 0 N–H and O–H groups in total. The van der Waals surface area contributed by atoms with E-state index in [0.717, 1.165) is 12.3 Å². The maximum atomic E-state index is 5.32. The Bertz CT molecular complexity index is 232. The van der Waals surface area contributed by atoms with Gasteiger partial charge >= 0.3 is 0 Å². The van der Waals surface area contributed by atoms with Crippen molar-refractivity contribution >= 4 is 0 Å². The number of aromatic nitrogens is 2. The van der Waals surface area contributed by atoms with Gasteiger partial charge in [0, 0.05) is 18.8 Å². The summed E-state index contributed by atoms with van der Waals surface area (Å²) in [6.07, 6.45) is 2.97. The fourth-order valence-electron chi connectivity index (χ4n) is 1.02. The van der Waals surface area contributed by atoms with Crippen LogP contribution in [0.2, 0.25) is 0 Å². The molecule has 1 aromatic rings. The minimum absolute atomic E-state index is 0.685. The Kier molecular flexibility index (Phi) is 12.2. The average Bonchev–Trinajstić information content (AvgIpc) is 2.65. The van der Waals surface area contributed by atoms with Gasteiger partial charge in [-0.1, -0.05) is 34.6 Å². The van der Waals surface area contributed by atoms with Crippen LogP contribution in [0.15, 0.2) is 6.20 Å². The molecule has 0 aliphatic rings. The Hall–Kier alpha value is -0.990. The zero-order valence-corrected chi connectivity index (χ0v) is 11.3. The zero-order chi connectivity index (χ0) is 12.3. The molecule has 15 heavy (non-hydrogen) atoms. The van der Waals surface area contributed by atoms with Crippen LogP contribution < -0.4 is 4.74 Å². The summed E-state index contributed by atoms with van der Waals surface area (Å²) in [4.78, 5) is 0. The summed E-state index contributed by atoms with van der Waals surface area (Å²) in [5.41, 5.74) is 1.18. The number of hydrogen-bond acceptors (Lipinski definition) is 2. The summed E-state index contributed by atoms with van der Waals surface area (Å²) in [5.74, 6) is 0.775. The topological polar surface area (TPSA) is 27.1 Å². The molecule has 3 heteroatoms. The van der Waals surface area contributed by atoms with Crippen LogP contribution in [-0.2, 0) is 13.5 Å². The van der Waals surface area contributed by atoms with Gasteiger partial charge in [-0.2, -0.15) is 0 Å². The first-order valence-electron chi connectivity index (χ1n) is 5.93. The fraction of sp³-hybridized carbons (Fsp3) is 0.750. The van der Waals surface area contributed by atoms with Crippen molar-refractivity contribution in [2.75, 3.05) is 6.61 Å². The van der Waals surface area contributed by atoms with Gasteiger partial charge in [0.1, 0.15) is 0 Å². The third kappa shape index (κ3) is 6.15. The van der Waals surface area contributed by atoms with Crippen molar-refractivity contribution in [1.29, 1.82) is 0 Å². The van der Waals surface area contributed by atoms with E-state index in [1.807, 2.05) is 47.9 Å². The highest BCUT2D eigenvalue weighted by molar-refractivity contribution is 5.22. The van der Waals surface area contributed by atoms with Gasteiger partial charge in [-0.15, -0.1) is 5.10 Å². The van der Waals surface area contributed by atoms with E-state index >= 15 is 0 Å². The second-order valence-corrected chi connectivity index (χ2v) is 2.42. The first-order chi connectivity index (χ1) is 7.27. The third-order valence-corrected chi connectivity index (χ3v) is 1.53. The van der Waals surface area contributed by atoms with Gasteiger partial charge in [0.25, 0.3) is 0 Å². The number of ether oxygens (including phenoxy) is 1. The van der Waals surface area contributed by atoms with E-state index in [2.05, 4.69) is 12.0 Å². The van der Waals surface area contributed by atoms with Gasteiger partial charge < -0.3 is 4.74 Å². The maximum Gasteiger partial charge on any atom is 0.235 e. The van der Waals surface area contributed by atoms with Crippen LogP contribution in [0.25, 0.3) is 0 Å². The van der Waals surface area contributed by atoms with Crippen molar-refractivity contribution < 1.29 is 4.74 Å². The minimum atomic E-state index is 0.685. The zero-order valence-electron chi connectivity index (χ0n) is 11.3. The largest absolute Gasteiger partial charge is 0.477 e. The molecule has 0 aliphatic heterocycles. The molecule has 0 amide bonds. The fourth-order valence-corrected chi connectivity index (χ4v) is 1.02. The number of rotatable bonds is 3. The Morgan fingerprint density at radius 1 is 1.20 bits per heavy atom. The Morgan fingerprint density at radius 2 is 1.73 bits per heavy atom. The van der Waals surface area contributed by atoms with Crippen molar-refractivity contribution in [2.45, 2.75) is 48.0 Å². The summed E-state index contributed by atoms with van der Waals surface area (Å²) in [7, 11) is 1.90. The van der Waals surface area contributed by atoms with Crippen LogP contribution in [0, 0.1) is 0 Å². The maximum absolute atomic E-state index is 5.32. The molecule has 1 rings (SSSR count). The lowest BCUT2D eigenvalue weighted by molar-refractivity contribution is 0.320. The lowest BCUT2D eigenvalue weighted by atomic mass is 10.3. The second kappa shape index (κ2) is 11.1. The van der Waals surface area contributed by atoms with E-state index in [0.29, 0.717) is 6.61 Å². The van der Waals surface area contributed by atoms with Gasteiger partial charge in [-0.3, -0.25) is 4.68 Å². The summed E-state index contributed by atoms with van der Waals surface area (Å²) in [6.45, 7) is 12.7. The van der Waals surface area contributed by atoms with Crippen molar-refractivity contribution in [3.63, 3.8) is 0 Å².